The zero-order valence-corrected chi connectivity index (χ0v) is 16.8. The highest BCUT2D eigenvalue weighted by atomic mass is 32.1. The van der Waals surface area contributed by atoms with Gasteiger partial charge in [0.25, 0.3) is 11.5 Å². The molecule has 146 valence electrons. The molecule has 0 N–H and O–H groups in total. The summed E-state index contributed by atoms with van der Waals surface area (Å²) in [4.78, 5) is 49.1. The molecule has 4 rings (SSSR count). The van der Waals surface area contributed by atoms with Crippen LogP contribution in [0.1, 0.15) is 46.4 Å². The Kier molecular flexibility index (Phi) is 4.62. The number of likely N-dealkylation sites (tertiary alicyclic amines) is 1. The molecule has 0 saturated carbocycles. The topological polar surface area (TPSA) is 90.1 Å². The molecule has 0 aromatic carbocycles. The molecule has 3 aromatic heterocycles. The summed E-state index contributed by atoms with van der Waals surface area (Å²) < 4.78 is 2.45. The van der Waals surface area contributed by atoms with Gasteiger partial charge in [-0.1, -0.05) is 0 Å². The van der Waals surface area contributed by atoms with Gasteiger partial charge in [0.1, 0.15) is 10.5 Å². The number of fused-ring (bicyclic) bond motifs is 1. The minimum atomic E-state index is -0.418. The summed E-state index contributed by atoms with van der Waals surface area (Å²) in [5, 5.41) is 0.389. The standard InChI is InChI=1S/C19H21N5O3S/c1-11-15(28-10-20-11)18(26)24-9-5-4-6-14(24)13-8-7-12-16(21-13)22(2)19(27)23(3)17(12)25/h7-8,10,14H,4-6,9H2,1-3H3/t14-/m0/s1. The monoisotopic (exact) mass is 399 g/mol. The zero-order chi connectivity index (χ0) is 20.0. The third-order valence-corrected chi connectivity index (χ3v) is 6.28. The molecule has 3 aromatic rings. The number of pyridine rings is 1. The van der Waals surface area contributed by atoms with Gasteiger partial charge in [-0.3, -0.25) is 18.7 Å². The van der Waals surface area contributed by atoms with Crippen LogP contribution in [-0.4, -0.2) is 36.5 Å². The Morgan fingerprint density at radius 2 is 1.96 bits per heavy atom. The number of rotatable bonds is 2. The van der Waals surface area contributed by atoms with Gasteiger partial charge < -0.3 is 4.90 Å². The number of aryl methyl sites for hydroxylation is 2. The van der Waals surface area contributed by atoms with E-state index in [9.17, 15) is 14.4 Å². The van der Waals surface area contributed by atoms with Crippen LogP contribution in [0.5, 0.6) is 0 Å². The molecule has 0 radical (unpaired) electrons. The van der Waals surface area contributed by atoms with E-state index in [0.29, 0.717) is 28.1 Å². The van der Waals surface area contributed by atoms with Crippen molar-refractivity contribution < 1.29 is 4.79 Å². The fraction of sp³-hybridized carbons (Fsp3) is 0.421. The summed E-state index contributed by atoms with van der Waals surface area (Å²) >= 11 is 1.35. The average molecular weight is 399 g/mol. The first-order chi connectivity index (χ1) is 13.4. The Labute approximate surface area is 165 Å². The van der Waals surface area contributed by atoms with E-state index in [-0.39, 0.29) is 17.5 Å². The maximum Gasteiger partial charge on any atom is 0.332 e. The predicted octanol–water partition coefficient (Wildman–Crippen LogP) is 1.76. The van der Waals surface area contributed by atoms with Gasteiger partial charge in [-0.15, -0.1) is 11.3 Å². The van der Waals surface area contributed by atoms with Gasteiger partial charge in [0, 0.05) is 20.6 Å². The van der Waals surface area contributed by atoms with Crippen molar-refractivity contribution in [2.75, 3.05) is 6.54 Å². The van der Waals surface area contributed by atoms with Crippen molar-refractivity contribution in [1.82, 2.24) is 24.0 Å². The molecular weight excluding hydrogens is 378 g/mol. The number of carbonyl (C=O) groups excluding carboxylic acids is 1. The molecule has 0 unspecified atom stereocenters. The van der Waals surface area contributed by atoms with Crippen molar-refractivity contribution in [2.45, 2.75) is 32.2 Å². The smallest absolute Gasteiger partial charge is 0.329 e. The van der Waals surface area contributed by atoms with Crippen LogP contribution >= 0.6 is 11.3 Å². The lowest BCUT2D eigenvalue weighted by Crippen LogP contribution is -2.40. The lowest BCUT2D eigenvalue weighted by molar-refractivity contribution is 0.0610. The first-order valence-corrected chi connectivity index (χ1v) is 10.1. The van der Waals surface area contributed by atoms with Crippen molar-refractivity contribution in [2.24, 2.45) is 14.1 Å². The molecule has 28 heavy (non-hydrogen) atoms. The Morgan fingerprint density at radius 3 is 2.68 bits per heavy atom. The summed E-state index contributed by atoms with van der Waals surface area (Å²) in [6.07, 6.45) is 2.72. The van der Waals surface area contributed by atoms with Crippen LogP contribution in [0.15, 0.2) is 27.2 Å². The third-order valence-electron chi connectivity index (χ3n) is 5.37. The van der Waals surface area contributed by atoms with E-state index in [0.717, 1.165) is 29.5 Å². The van der Waals surface area contributed by atoms with Gasteiger partial charge in [-0.25, -0.2) is 14.8 Å². The maximum absolute atomic E-state index is 13.1. The number of aromatic nitrogens is 4. The largest absolute Gasteiger partial charge is 0.332 e. The Morgan fingerprint density at radius 1 is 1.18 bits per heavy atom. The highest BCUT2D eigenvalue weighted by molar-refractivity contribution is 7.11. The highest BCUT2D eigenvalue weighted by Gasteiger charge is 2.31. The molecule has 1 aliphatic rings. The quantitative estimate of drug-likeness (QED) is 0.655. The summed E-state index contributed by atoms with van der Waals surface area (Å²) in [7, 11) is 3.06. The van der Waals surface area contributed by atoms with Crippen LogP contribution in [0, 0.1) is 6.92 Å². The Balaban J connectivity index is 1.81. The summed E-state index contributed by atoms with van der Waals surface area (Å²) in [6.45, 7) is 2.48. The number of nitrogens with zero attached hydrogens (tertiary/aromatic N) is 5. The second kappa shape index (κ2) is 6.97. The molecule has 0 spiro atoms. The predicted molar refractivity (Wildman–Crippen MR) is 107 cm³/mol. The van der Waals surface area contributed by atoms with E-state index < -0.39 is 5.69 Å². The van der Waals surface area contributed by atoms with E-state index in [1.54, 1.807) is 24.7 Å². The van der Waals surface area contributed by atoms with Crippen LogP contribution in [0.25, 0.3) is 11.0 Å². The summed E-state index contributed by atoms with van der Waals surface area (Å²) in [6, 6.07) is 3.31. The van der Waals surface area contributed by atoms with E-state index in [1.165, 1.54) is 23.0 Å². The van der Waals surface area contributed by atoms with E-state index in [4.69, 9.17) is 0 Å². The number of piperidine rings is 1. The van der Waals surface area contributed by atoms with Crippen LogP contribution in [0.2, 0.25) is 0 Å². The highest BCUT2D eigenvalue weighted by Crippen LogP contribution is 2.32. The maximum atomic E-state index is 13.1. The minimum Gasteiger partial charge on any atom is -0.329 e. The van der Waals surface area contributed by atoms with Crippen molar-refractivity contribution in [3.05, 3.63) is 54.7 Å². The van der Waals surface area contributed by atoms with Crippen molar-refractivity contribution >= 4 is 28.3 Å². The van der Waals surface area contributed by atoms with Crippen LogP contribution in [0.3, 0.4) is 0 Å². The van der Waals surface area contributed by atoms with Crippen LogP contribution in [0.4, 0.5) is 0 Å². The minimum absolute atomic E-state index is 0.0375. The molecule has 0 aliphatic carbocycles. The van der Waals surface area contributed by atoms with Gasteiger partial charge in [0.15, 0.2) is 0 Å². The molecule has 9 heteroatoms. The SMILES string of the molecule is Cc1ncsc1C(=O)N1CCCC[C@H]1c1ccc2c(=O)n(C)c(=O)n(C)c2n1. The number of hydrogen-bond donors (Lipinski definition) is 0. The fourth-order valence-corrected chi connectivity index (χ4v) is 4.53. The third kappa shape index (κ3) is 2.86. The van der Waals surface area contributed by atoms with Gasteiger partial charge in [0.2, 0.25) is 0 Å². The second-order valence-electron chi connectivity index (χ2n) is 7.09. The number of carbonyl (C=O) groups is 1. The second-order valence-corrected chi connectivity index (χ2v) is 7.94. The lowest BCUT2D eigenvalue weighted by Gasteiger charge is -2.35. The molecular formula is C19H21N5O3S. The normalized spacial score (nSPS) is 17.2. The van der Waals surface area contributed by atoms with E-state index in [1.807, 2.05) is 11.8 Å². The Hall–Kier alpha value is -2.81. The summed E-state index contributed by atoms with van der Waals surface area (Å²) in [5.41, 5.74) is 2.68. The first kappa shape index (κ1) is 18.5. The van der Waals surface area contributed by atoms with Crippen molar-refractivity contribution in [3.63, 3.8) is 0 Å². The van der Waals surface area contributed by atoms with Crippen molar-refractivity contribution in [3.8, 4) is 0 Å². The number of hydrogen-bond acceptors (Lipinski definition) is 6. The summed E-state index contributed by atoms with van der Waals surface area (Å²) in [5.74, 6) is -0.0375. The molecule has 0 bridgehead atoms. The first-order valence-electron chi connectivity index (χ1n) is 9.18. The molecule has 8 nitrogen and oxygen atoms in total. The van der Waals surface area contributed by atoms with E-state index >= 15 is 0 Å². The molecule has 1 amide bonds. The molecule has 1 saturated heterocycles. The fourth-order valence-electron chi connectivity index (χ4n) is 3.77. The van der Waals surface area contributed by atoms with Gasteiger partial charge >= 0.3 is 5.69 Å². The van der Waals surface area contributed by atoms with Crippen LogP contribution < -0.4 is 11.2 Å². The van der Waals surface area contributed by atoms with Gasteiger partial charge in [-0.05, 0) is 38.3 Å². The number of amides is 1. The zero-order valence-electron chi connectivity index (χ0n) is 16.0. The number of thiazole rings is 1. The van der Waals surface area contributed by atoms with E-state index in [2.05, 4.69) is 9.97 Å². The molecule has 1 fully saturated rings. The Bertz CT molecular complexity index is 1190. The van der Waals surface area contributed by atoms with Gasteiger partial charge in [0.05, 0.1) is 28.3 Å². The lowest BCUT2D eigenvalue weighted by atomic mass is 9.98. The molecule has 1 aliphatic heterocycles. The molecule has 1 atom stereocenters. The average Bonchev–Trinajstić information content (AvgIpc) is 3.15. The molecule has 4 heterocycles. The van der Waals surface area contributed by atoms with Gasteiger partial charge in [-0.2, -0.15) is 0 Å². The van der Waals surface area contributed by atoms with Crippen molar-refractivity contribution in [1.29, 1.82) is 0 Å². The van der Waals surface area contributed by atoms with Crippen LogP contribution in [-0.2, 0) is 14.1 Å².